The molecule has 0 radical (unpaired) electrons. The van der Waals surface area contributed by atoms with E-state index in [0.717, 1.165) is 17.0 Å². The molecule has 0 atom stereocenters. The number of anilines is 3. The molecule has 0 aliphatic rings. The number of benzene rings is 2. The van der Waals surface area contributed by atoms with Crippen LogP contribution in [0.25, 0.3) is 0 Å². The third-order valence-corrected chi connectivity index (χ3v) is 3.86. The molecule has 1 heterocycles. The average Bonchev–Trinajstić information content (AvgIpc) is 2.73. The van der Waals surface area contributed by atoms with Gasteiger partial charge in [0.05, 0.1) is 6.61 Å². The summed E-state index contributed by atoms with van der Waals surface area (Å²) in [6.07, 6.45) is 0. The first-order chi connectivity index (χ1) is 14.5. The first-order valence-electron chi connectivity index (χ1n) is 9.37. The minimum absolute atomic E-state index is 0.0244. The zero-order valence-corrected chi connectivity index (χ0v) is 16.8. The lowest BCUT2D eigenvalue weighted by Crippen LogP contribution is -2.16. The van der Waals surface area contributed by atoms with Gasteiger partial charge in [0.25, 0.3) is 0 Å². The Morgan fingerprint density at radius 3 is 2.30 bits per heavy atom. The minimum Gasteiger partial charge on any atom is -0.494 e. The molecule has 9 nitrogen and oxygen atoms in total. The highest BCUT2D eigenvalue weighted by Crippen LogP contribution is 2.18. The van der Waals surface area contributed by atoms with Gasteiger partial charge in [0.15, 0.2) is 19.0 Å². The van der Waals surface area contributed by atoms with Crippen LogP contribution in [-0.4, -0.2) is 34.1 Å². The van der Waals surface area contributed by atoms with Crippen molar-refractivity contribution in [3.63, 3.8) is 0 Å². The minimum atomic E-state index is -0.559. The van der Waals surface area contributed by atoms with Crippen LogP contribution >= 0.6 is 0 Å². The largest absolute Gasteiger partial charge is 0.494 e. The van der Waals surface area contributed by atoms with Gasteiger partial charge < -0.3 is 25.3 Å². The van der Waals surface area contributed by atoms with E-state index in [-0.39, 0.29) is 30.9 Å². The lowest BCUT2D eigenvalue weighted by atomic mass is 10.2. The molecular weight excluding hydrogens is 386 g/mol. The molecule has 9 heteroatoms. The van der Waals surface area contributed by atoms with Crippen LogP contribution in [0.3, 0.4) is 0 Å². The lowest BCUT2D eigenvalue weighted by Gasteiger charge is -2.09. The summed E-state index contributed by atoms with van der Waals surface area (Å²) in [4.78, 5) is 24.2. The van der Waals surface area contributed by atoms with Crippen molar-refractivity contribution in [1.29, 1.82) is 0 Å². The van der Waals surface area contributed by atoms with Gasteiger partial charge in [0, 0.05) is 5.69 Å². The fourth-order valence-corrected chi connectivity index (χ4v) is 2.45. The Hall–Kier alpha value is -3.88. The smallest absolute Gasteiger partial charge is 0.344 e. The van der Waals surface area contributed by atoms with Crippen molar-refractivity contribution < 1.29 is 19.0 Å². The molecule has 0 aliphatic carbocycles. The highest BCUT2D eigenvalue weighted by molar-refractivity contribution is 5.71. The molecule has 2 aromatic carbocycles. The highest BCUT2D eigenvalue weighted by atomic mass is 16.6. The normalized spacial score (nSPS) is 10.3. The Labute approximate surface area is 174 Å². The van der Waals surface area contributed by atoms with E-state index in [9.17, 15) is 4.79 Å². The second-order valence-corrected chi connectivity index (χ2v) is 6.28. The maximum Gasteiger partial charge on any atom is 0.344 e. The van der Waals surface area contributed by atoms with Crippen molar-refractivity contribution in [1.82, 2.24) is 15.0 Å². The van der Waals surface area contributed by atoms with Gasteiger partial charge in [-0.3, -0.25) is 0 Å². The fraction of sp³-hybridized carbons (Fsp3) is 0.238. The fourth-order valence-electron chi connectivity index (χ4n) is 2.45. The SMILES string of the molecule is CCOc1ccc(OCC(=O)OCc2nc(N)nc(Nc3ccc(C)cc3)n2)cc1. The molecule has 0 amide bonds. The van der Waals surface area contributed by atoms with Gasteiger partial charge >= 0.3 is 5.97 Å². The molecule has 3 N–H and O–H groups in total. The van der Waals surface area contributed by atoms with E-state index in [1.54, 1.807) is 24.3 Å². The molecular formula is C21H23N5O4. The van der Waals surface area contributed by atoms with Crippen molar-refractivity contribution in [3.8, 4) is 11.5 Å². The highest BCUT2D eigenvalue weighted by Gasteiger charge is 2.10. The summed E-state index contributed by atoms with van der Waals surface area (Å²) >= 11 is 0. The van der Waals surface area contributed by atoms with E-state index in [4.69, 9.17) is 19.9 Å². The molecule has 0 aliphatic heterocycles. The Kier molecular flexibility index (Phi) is 6.99. The predicted molar refractivity (Wildman–Crippen MR) is 112 cm³/mol. The van der Waals surface area contributed by atoms with E-state index in [1.165, 1.54) is 0 Å². The van der Waals surface area contributed by atoms with Crippen molar-refractivity contribution in [2.45, 2.75) is 20.5 Å². The number of esters is 1. The second kappa shape index (κ2) is 10.1. The maximum absolute atomic E-state index is 12.0. The Morgan fingerprint density at radius 2 is 1.63 bits per heavy atom. The van der Waals surface area contributed by atoms with Gasteiger partial charge in [-0.05, 0) is 50.2 Å². The van der Waals surface area contributed by atoms with Gasteiger partial charge in [0.1, 0.15) is 11.5 Å². The Balaban J connectivity index is 1.51. The standard InChI is InChI=1S/C21H23N5O4/c1-3-28-16-8-10-17(11-9-16)29-13-19(27)30-12-18-24-20(22)26-21(25-18)23-15-6-4-14(2)5-7-15/h4-11H,3,12-13H2,1-2H3,(H3,22,23,24,25,26). The van der Waals surface area contributed by atoms with E-state index in [0.29, 0.717) is 12.4 Å². The van der Waals surface area contributed by atoms with Crippen LogP contribution in [0.15, 0.2) is 48.5 Å². The van der Waals surface area contributed by atoms with Crippen LogP contribution in [0.2, 0.25) is 0 Å². The summed E-state index contributed by atoms with van der Waals surface area (Å²) in [6.45, 7) is 4.08. The molecule has 0 fully saturated rings. The number of nitrogens with one attached hydrogen (secondary N) is 1. The number of hydrogen-bond acceptors (Lipinski definition) is 9. The van der Waals surface area contributed by atoms with Crippen LogP contribution in [0.1, 0.15) is 18.3 Å². The van der Waals surface area contributed by atoms with Crippen LogP contribution < -0.4 is 20.5 Å². The van der Waals surface area contributed by atoms with Crippen LogP contribution in [0, 0.1) is 6.92 Å². The van der Waals surface area contributed by atoms with Gasteiger partial charge in [0.2, 0.25) is 11.9 Å². The molecule has 0 saturated carbocycles. The van der Waals surface area contributed by atoms with E-state index in [2.05, 4.69) is 20.3 Å². The third kappa shape index (κ3) is 6.33. The van der Waals surface area contributed by atoms with Crippen molar-refractivity contribution in [2.24, 2.45) is 0 Å². The summed E-state index contributed by atoms with van der Waals surface area (Å²) in [5, 5.41) is 3.04. The number of nitrogens with two attached hydrogens (primary N) is 1. The van der Waals surface area contributed by atoms with E-state index >= 15 is 0 Å². The van der Waals surface area contributed by atoms with Gasteiger partial charge in [-0.15, -0.1) is 0 Å². The summed E-state index contributed by atoms with van der Waals surface area (Å²) in [5.41, 5.74) is 7.67. The summed E-state index contributed by atoms with van der Waals surface area (Å²) < 4.78 is 15.9. The van der Waals surface area contributed by atoms with E-state index in [1.807, 2.05) is 38.1 Å². The molecule has 1 aromatic heterocycles. The first kappa shape index (κ1) is 20.8. The summed E-state index contributed by atoms with van der Waals surface area (Å²) in [5.74, 6) is 1.22. The maximum atomic E-state index is 12.0. The van der Waals surface area contributed by atoms with Crippen molar-refractivity contribution >= 4 is 23.6 Å². The van der Waals surface area contributed by atoms with Crippen molar-refractivity contribution in [2.75, 3.05) is 24.3 Å². The summed E-state index contributed by atoms with van der Waals surface area (Å²) in [7, 11) is 0. The molecule has 0 saturated heterocycles. The molecule has 0 unspecified atom stereocenters. The Bertz CT molecular complexity index is 978. The summed E-state index contributed by atoms with van der Waals surface area (Å²) in [6, 6.07) is 14.7. The number of rotatable bonds is 9. The number of hydrogen-bond donors (Lipinski definition) is 2. The molecule has 156 valence electrons. The quantitative estimate of drug-likeness (QED) is 0.514. The number of aryl methyl sites for hydroxylation is 1. The Morgan fingerprint density at radius 1 is 0.967 bits per heavy atom. The van der Waals surface area contributed by atoms with Crippen LogP contribution in [0.4, 0.5) is 17.6 Å². The van der Waals surface area contributed by atoms with Crippen LogP contribution in [0.5, 0.6) is 11.5 Å². The number of nitrogen functional groups attached to an aromatic ring is 1. The average molecular weight is 409 g/mol. The molecule has 3 rings (SSSR count). The van der Waals surface area contributed by atoms with Gasteiger partial charge in [-0.1, -0.05) is 17.7 Å². The van der Waals surface area contributed by atoms with E-state index < -0.39 is 5.97 Å². The zero-order chi connectivity index (χ0) is 21.3. The third-order valence-electron chi connectivity index (χ3n) is 3.86. The molecule has 0 spiro atoms. The number of nitrogens with zero attached hydrogens (tertiary/aromatic N) is 3. The second-order valence-electron chi connectivity index (χ2n) is 6.28. The van der Waals surface area contributed by atoms with Crippen LogP contribution in [-0.2, 0) is 16.1 Å². The topological polar surface area (TPSA) is 121 Å². The van der Waals surface area contributed by atoms with Crippen molar-refractivity contribution in [3.05, 3.63) is 59.9 Å². The lowest BCUT2D eigenvalue weighted by molar-refractivity contribution is -0.147. The number of aromatic nitrogens is 3. The zero-order valence-electron chi connectivity index (χ0n) is 16.8. The predicted octanol–water partition coefficient (Wildman–Crippen LogP) is 3.03. The number of ether oxygens (including phenoxy) is 3. The van der Waals surface area contributed by atoms with Gasteiger partial charge in [-0.2, -0.15) is 15.0 Å². The number of carbonyl (C=O) groups is 1. The molecule has 0 bridgehead atoms. The number of carbonyl (C=O) groups excluding carboxylic acids is 1. The van der Waals surface area contributed by atoms with Gasteiger partial charge in [-0.25, -0.2) is 4.79 Å². The molecule has 30 heavy (non-hydrogen) atoms. The molecule has 3 aromatic rings. The first-order valence-corrected chi connectivity index (χ1v) is 9.37. The monoisotopic (exact) mass is 409 g/mol.